The highest BCUT2D eigenvalue weighted by Crippen LogP contribution is 2.68. The van der Waals surface area contributed by atoms with Gasteiger partial charge in [0, 0.05) is 12.8 Å². The molecule has 0 radical (unpaired) electrons. The average Bonchev–Trinajstić information content (AvgIpc) is 3.05. The molecule has 0 spiro atoms. The van der Waals surface area contributed by atoms with Gasteiger partial charge in [0.25, 0.3) is 0 Å². The highest BCUT2D eigenvalue weighted by atomic mass is 16.5. The van der Waals surface area contributed by atoms with Crippen molar-refractivity contribution in [2.24, 2.45) is 40.4 Å². The zero-order chi connectivity index (χ0) is 21.5. The molecule has 3 saturated carbocycles. The van der Waals surface area contributed by atoms with Crippen LogP contribution in [-0.2, 0) is 14.3 Å². The molecule has 3 nitrogen and oxygen atoms in total. The smallest absolute Gasteiger partial charge is 0.305 e. The Morgan fingerprint density at radius 2 is 1.93 bits per heavy atom. The van der Waals surface area contributed by atoms with Gasteiger partial charge in [0.1, 0.15) is 0 Å². The van der Waals surface area contributed by atoms with Gasteiger partial charge in [-0.25, -0.2) is 0 Å². The molecule has 4 aliphatic rings. The van der Waals surface area contributed by atoms with Crippen molar-refractivity contribution in [3.05, 3.63) is 11.6 Å². The summed E-state index contributed by atoms with van der Waals surface area (Å²) in [6.07, 6.45) is 14.4. The number of allylic oxidation sites excluding steroid dienone is 1. The predicted octanol–water partition coefficient (Wildman–Crippen LogP) is 6.50. The molecule has 3 heteroatoms. The number of hydrogen-bond donors (Lipinski definition) is 0. The average molecular weight is 415 g/mol. The van der Waals surface area contributed by atoms with Crippen LogP contribution in [0, 0.1) is 40.4 Å². The topological polar surface area (TPSA) is 43.4 Å². The van der Waals surface area contributed by atoms with Gasteiger partial charge in [-0.1, -0.05) is 26.3 Å². The van der Waals surface area contributed by atoms with Gasteiger partial charge in [0.05, 0.1) is 6.61 Å². The summed E-state index contributed by atoms with van der Waals surface area (Å²) < 4.78 is 5.13. The van der Waals surface area contributed by atoms with Crippen molar-refractivity contribution in [2.45, 2.75) is 98.3 Å². The second-order valence-corrected chi connectivity index (χ2v) is 11.2. The van der Waals surface area contributed by atoms with Gasteiger partial charge in [-0.05, 0) is 111 Å². The summed E-state index contributed by atoms with van der Waals surface area (Å²) >= 11 is 0. The van der Waals surface area contributed by atoms with Crippen LogP contribution in [-0.4, -0.2) is 18.4 Å². The minimum Gasteiger partial charge on any atom is -0.466 e. The first-order valence-corrected chi connectivity index (χ1v) is 12.7. The highest BCUT2D eigenvalue weighted by Gasteiger charge is 2.59. The van der Waals surface area contributed by atoms with E-state index in [9.17, 15) is 9.59 Å². The first-order valence-electron chi connectivity index (χ1n) is 12.7. The Morgan fingerprint density at radius 1 is 1.13 bits per heavy atom. The third kappa shape index (κ3) is 3.58. The van der Waals surface area contributed by atoms with Crippen LogP contribution >= 0.6 is 0 Å². The number of esters is 1. The van der Waals surface area contributed by atoms with E-state index in [1.54, 1.807) is 0 Å². The second kappa shape index (κ2) is 8.43. The van der Waals surface area contributed by atoms with Crippen LogP contribution in [0.3, 0.4) is 0 Å². The summed E-state index contributed by atoms with van der Waals surface area (Å²) in [5.41, 5.74) is 2.20. The number of fused-ring (bicyclic) bond motifs is 5. The van der Waals surface area contributed by atoms with Crippen molar-refractivity contribution >= 4 is 11.8 Å². The zero-order valence-electron chi connectivity index (χ0n) is 19.7. The molecule has 0 aliphatic heterocycles. The maximum atomic E-state index is 12.2. The van der Waals surface area contributed by atoms with Gasteiger partial charge in [-0.2, -0.15) is 0 Å². The summed E-state index contributed by atoms with van der Waals surface area (Å²) in [5, 5.41) is 0. The number of rotatable bonds is 6. The molecule has 6 unspecified atom stereocenters. The minimum absolute atomic E-state index is 0.0296. The van der Waals surface area contributed by atoms with Crippen molar-refractivity contribution in [3.8, 4) is 0 Å². The Morgan fingerprint density at radius 3 is 2.67 bits per heavy atom. The van der Waals surface area contributed by atoms with E-state index in [1.807, 2.05) is 6.92 Å². The highest BCUT2D eigenvalue weighted by molar-refractivity contribution is 5.91. The van der Waals surface area contributed by atoms with Crippen molar-refractivity contribution in [1.29, 1.82) is 0 Å². The first kappa shape index (κ1) is 22.1. The maximum absolute atomic E-state index is 12.2. The quantitative estimate of drug-likeness (QED) is 0.466. The van der Waals surface area contributed by atoms with Crippen LogP contribution in [0.25, 0.3) is 0 Å². The molecule has 4 rings (SSSR count). The molecule has 0 aromatic heterocycles. The van der Waals surface area contributed by atoms with E-state index >= 15 is 0 Å². The van der Waals surface area contributed by atoms with E-state index in [2.05, 4.69) is 26.8 Å². The summed E-state index contributed by atoms with van der Waals surface area (Å²) in [7, 11) is 0. The molecule has 4 aliphatic carbocycles. The lowest BCUT2D eigenvalue weighted by molar-refractivity contribution is -0.143. The van der Waals surface area contributed by atoms with Crippen LogP contribution in [0.1, 0.15) is 98.3 Å². The van der Waals surface area contributed by atoms with Gasteiger partial charge >= 0.3 is 5.97 Å². The lowest BCUT2D eigenvalue weighted by atomic mass is 9.45. The SMILES string of the molecule is CCOC(=O)CCC[C@H]1CCC2C3CC(CC)C4=CC(=O)CCC4(C)C3CCC21C. The molecule has 0 saturated heterocycles. The summed E-state index contributed by atoms with van der Waals surface area (Å²) in [6.45, 7) is 9.77. The minimum atomic E-state index is -0.0296. The number of carbonyl (C=O) groups excluding carboxylic acids is 2. The van der Waals surface area contributed by atoms with Crippen LogP contribution < -0.4 is 0 Å². The number of hydrogen-bond acceptors (Lipinski definition) is 3. The van der Waals surface area contributed by atoms with Gasteiger partial charge in [0.2, 0.25) is 0 Å². The van der Waals surface area contributed by atoms with Crippen LogP contribution in [0.4, 0.5) is 0 Å². The standard InChI is InChI=1S/C27H42O3/c1-5-18-16-21-22-11-10-19(8-7-9-25(29)30-6-2)26(22,3)15-13-23(21)27(4)14-12-20(28)17-24(18)27/h17-19,21-23H,5-16H2,1-4H3/t18?,19-,21?,22?,23?,26?,27?/m0/s1. The number of carbonyl (C=O) groups is 2. The molecular weight excluding hydrogens is 372 g/mol. The Labute approximate surface area is 183 Å². The van der Waals surface area contributed by atoms with E-state index in [4.69, 9.17) is 4.74 Å². The van der Waals surface area contributed by atoms with Gasteiger partial charge in [-0.15, -0.1) is 0 Å². The zero-order valence-corrected chi connectivity index (χ0v) is 19.7. The summed E-state index contributed by atoms with van der Waals surface area (Å²) in [6, 6.07) is 0. The molecule has 0 aromatic rings. The fourth-order valence-corrected chi connectivity index (χ4v) is 8.48. The Balaban J connectivity index is 1.50. The lowest BCUT2D eigenvalue weighted by Crippen LogP contribution is -2.52. The normalized spacial score (nSPS) is 42.7. The second-order valence-electron chi connectivity index (χ2n) is 11.2. The summed E-state index contributed by atoms with van der Waals surface area (Å²) in [4.78, 5) is 24.0. The van der Waals surface area contributed by atoms with Crippen molar-refractivity contribution in [1.82, 2.24) is 0 Å². The molecule has 7 atom stereocenters. The summed E-state index contributed by atoms with van der Waals surface area (Å²) in [5.74, 6) is 4.10. The van der Waals surface area contributed by atoms with Gasteiger partial charge < -0.3 is 4.74 Å². The van der Waals surface area contributed by atoms with Crippen molar-refractivity contribution < 1.29 is 14.3 Å². The fraction of sp³-hybridized carbons (Fsp3) is 0.852. The molecule has 0 bridgehead atoms. The molecule has 0 heterocycles. The Bertz CT molecular complexity index is 709. The van der Waals surface area contributed by atoms with Crippen LogP contribution in [0.15, 0.2) is 11.6 Å². The Kier molecular flexibility index (Phi) is 6.21. The van der Waals surface area contributed by atoms with Gasteiger partial charge in [-0.3, -0.25) is 9.59 Å². The van der Waals surface area contributed by atoms with Crippen molar-refractivity contribution in [2.75, 3.05) is 6.61 Å². The molecule has 0 N–H and O–H groups in total. The fourth-order valence-electron chi connectivity index (χ4n) is 8.48. The van der Waals surface area contributed by atoms with E-state index in [1.165, 1.54) is 50.5 Å². The molecular formula is C27H42O3. The van der Waals surface area contributed by atoms with Gasteiger partial charge in [0.15, 0.2) is 5.78 Å². The monoisotopic (exact) mass is 414 g/mol. The van der Waals surface area contributed by atoms with E-state index in [0.29, 0.717) is 30.1 Å². The Hall–Kier alpha value is -1.12. The third-order valence-corrected chi connectivity index (χ3v) is 10.0. The predicted molar refractivity (Wildman–Crippen MR) is 120 cm³/mol. The number of ether oxygens (including phenoxy) is 1. The largest absolute Gasteiger partial charge is 0.466 e. The van der Waals surface area contributed by atoms with Crippen LogP contribution in [0.2, 0.25) is 0 Å². The molecule has 3 fully saturated rings. The third-order valence-electron chi connectivity index (χ3n) is 10.0. The molecule has 30 heavy (non-hydrogen) atoms. The molecule has 168 valence electrons. The molecule has 0 aromatic carbocycles. The maximum Gasteiger partial charge on any atom is 0.305 e. The first-order chi connectivity index (χ1) is 14.3. The molecule has 0 amide bonds. The lowest BCUT2D eigenvalue weighted by Gasteiger charge is -2.60. The van der Waals surface area contributed by atoms with E-state index < -0.39 is 0 Å². The van der Waals surface area contributed by atoms with Crippen LogP contribution in [0.5, 0.6) is 0 Å². The number of ketones is 1. The van der Waals surface area contributed by atoms with Crippen molar-refractivity contribution in [3.63, 3.8) is 0 Å². The van der Waals surface area contributed by atoms with E-state index in [-0.39, 0.29) is 11.4 Å². The van der Waals surface area contributed by atoms with E-state index in [0.717, 1.165) is 42.9 Å².